The van der Waals surface area contributed by atoms with E-state index in [0.717, 1.165) is 12.8 Å². The van der Waals surface area contributed by atoms with Crippen LogP contribution < -0.4 is 10.6 Å². The lowest BCUT2D eigenvalue weighted by atomic mass is 10.0. The first-order valence-electron chi connectivity index (χ1n) is 7.15. The zero-order valence-electron chi connectivity index (χ0n) is 11.7. The van der Waals surface area contributed by atoms with Crippen LogP contribution in [0, 0.1) is 5.92 Å². The van der Waals surface area contributed by atoms with Gasteiger partial charge in [0, 0.05) is 12.5 Å². The van der Waals surface area contributed by atoms with Crippen LogP contribution in [0.1, 0.15) is 26.2 Å². The molecule has 0 radical (unpaired) electrons. The molecule has 2 aliphatic rings. The summed E-state index contributed by atoms with van der Waals surface area (Å²) in [7, 11) is 0. The number of nitrogens with one attached hydrogen (secondary N) is 2. The lowest BCUT2D eigenvalue weighted by Gasteiger charge is -2.31. The molecule has 112 valence electrons. The Labute approximate surface area is 118 Å². The normalized spacial score (nSPS) is 29.0. The molecule has 20 heavy (non-hydrogen) atoms. The van der Waals surface area contributed by atoms with Crippen LogP contribution in [0.5, 0.6) is 0 Å². The highest BCUT2D eigenvalue weighted by molar-refractivity contribution is 5.81. The molecule has 1 heterocycles. The molecule has 3 atom stereocenters. The van der Waals surface area contributed by atoms with Gasteiger partial charge in [0.25, 0.3) is 0 Å². The van der Waals surface area contributed by atoms with Crippen LogP contribution in [0.15, 0.2) is 12.2 Å². The summed E-state index contributed by atoms with van der Waals surface area (Å²) < 4.78 is 5.65. The largest absolute Gasteiger partial charge is 0.394 e. The summed E-state index contributed by atoms with van der Waals surface area (Å²) in [5.74, 6) is 0.0546. The second kappa shape index (κ2) is 6.85. The Hall–Kier alpha value is -1.40. The second-order valence-corrected chi connectivity index (χ2v) is 5.25. The first-order chi connectivity index (χ1) is 9.63. The standard InChI is InChI=1S/C14H22N2O4/c1-2-15-13(18)7-10-5-6-11(12(8-17)20-10)16-14(19)9-3-4-9/h5-6,9-12,17H,2-4,7-8H2,1H3,(H,15,18)(H,16,19)/t10-,11-,12-/m1/s1. The number of hydrogen-bond donors (Lipinski definition) is 3. The molecular weight excluding hydrogens is 260 g/mol. The quantitative estimate of drug-likeness (QED) is 0.585. The van der Waals surface area contributed by atoms with E-state index in [-0.39, 0.29) is 42.9 Å². The van der Waals surface area contributed by atoms with E-state index in [1.165, 1.54) is 0 Å². The predicted octanol–water partition coefficient (Wildman–Crippen LogP) is -0.277. The van der Waals surface area contributed by atoms with E-state index in [1.54, 1.807) is 6.08 Å². The van der Waals surface area contributed by atoms with Gasteiger partial charge in [-0.3, -0.25) is 9.59 Å². The Bertz CT molecular complexity index is 393. The zero-order chi connectivity index (χ0) is 14.5. The van der Waals surface area contributed by atoms with Crippen molar-refractivity contribution in [1.29, 1.82) is 0 Å². The van der Waals surface area contributed by atoms with Gasteiger partial charge in [-0.05, 0) is 19.8 Å². The molecule has 0 unspecified atom stereocenters. The SMILES string of the molecule is CCNC(=O)C[C@H]1C=C[C@@H](NC(=O)C2CC2)[C@@H](CO)O1. The van der Waals surface area contributed by atoms with Gasteiger partial charge in [-0.2, -0.15) is 0 Å². The number of carbonyl (C=O) groups is 2. The van der Waals surface area contributed by atoms with Crippen molar-refractivity contribution in [3.63, 3.8) is 0 Å². The van der Waals surface area contributed by atoms with Gasteiger partial charge in [-0.25, -0.2) is 0 Å². The molecule has 0 aromatic heterocycles. The monoisotopic (exact) mass is 282 g/mol. The number of ether oxygens (including phenoxy) is 1. The summed E-state index contributed by atoms with van der Waals surface area (Å²) in [4.78, 5) is 23.2. The molecule has 1 fully saturated rings. The lowest BCUT2D eigenvalue weighted by Crippen LogP contribution is -2.49. The number of hydrogen-bond acceptors (Lipinski definition) is 4. The summed E-state index contributed by atoms with van der Waals surface area (Å²) in [6.45, 7) is 2.25. The molecule has 2 rings (SSSR count). The fraction of sp³-hybridized carbons (Fsp3) is 0.714. The lowest BCUT2D eigenvalue weighted by molar-refractivity contribution is -0.128. The van der Waals surface area contributed by atoms with Gasteiger partial charge in [0.2, 0.25) is 11.8 Å². The van der Waals surface area contributed by atoms with Gasteiger partial charge in [0.05, 0.1) is 25.2 Å². The summed E-state index contributed by atoms with van der Waals surface area (Å²) in [6, 6.07) is -0.321. The summed E-state index contributed by atoms with van der Waals surface area (Å²) in [5, 5.41) is 14.9. The molecule has 0 bridgehead atoms. The van der Waals surface area contributed by atoms with Crippen LogP contribution in [0.3, 0.4) is 0 Å². The first kappa shape index (κ1) is 15.0. The third kappa shape index (κ3) is 4.05. The van der Waals surface area contributed by atoms with E-state index in [4.69, 9.17) is 4.74 Å². The summed E-state index contributed by atoms with van der Waals surface area (Å²) in [5.41, 5.74) is 0. The van der Waals surface area contributed by atoms with Gasteiger partial charge in [-0.1, -0.05) is 12.2 Å². The average molecular weight is 282 g/mol. The van der Waals surface area contributed by atoms with E-state index in [1.807, 2.05) is 13.0 Å². The van der Waals surface area contributed by atoms with Crippen molar-refractivity contribution in [3.05, 3.63) is 12.2 Å². The third-order valence-electron chi connectivity index (χ3n) is 3.48. The average Bonchev–Trinajstić information content (AvgIpc) is 3.25. The maximum absolute atomic E-state index is 11.7. The zero-order valence-corrected chi connectivity index (χ0v) is 11.7. The van der Waals surface area contributed by atoms with Crippen LogP contribution in [0.2, 0.25) is 0 Å². The molecule has 2 amide bonds. The molecule has 3 N–H and O–H groups in total. The van der Waals surface area contributed by atoms with Crippen LogP contribution in [0.25, 0.3) is 0 Å². The van der Waals surface area contributed by atoms with Crippen molar-refractivity contribution in [2.45, 2.75) is 44.4 Å². The number of rotatable bonds is 6. The van der Waals surface area contributed by atoms with Gasteiger partial charge < -0.3 is 20.5 Å². The highest BCUT2D eigenvalue weighted by Crippen LogP contribution is 2.29. The van der Waals surface area contributed by atoms with Crippen molar-refractivity contribution in [1.82, 2.24) is 10.6 Å². The number of aliphatic hydroxyl groups excluding tert-OH is 1. The van der Waals surface area contributed by atoms with Crippen molar-refractivity contribution in [3.8, 4) is 0 Å². The minimum absolute atomic E-state index is 0.0175. The number of carbonyl (C=O) groups excluding carboxylic acids is 2. The third-order valence-corrected chi connectivity index (χ3v) is 3.48. The van der Waals surface area contributed by atoms with Gasteiger partial charge in [0.15, 0.2) is 0 Å². The summed E-state index contributed by atoms with van der Waals surface area (Å²) >= 11 is 0. The Kier molecular flexibility index (Phi) is 5.14. The maximum atomic E-state index is 11.7. The van der Waals surface area contributed by atoms with Gasteiger partial charge in [-0.15, -0.1) is 0 Å². The van der Waals surface area contributed by atoms with Crippen molar-refractivity contribution in [2.75, 3.05) is 13.2 Å². The maximum Gasteiger partial charge on any atom is 0.223 e. The van der Waals surface area contributed by atoms with E-state index < -0.39 is 6.10 Å². The van der Waals surface area contributed by atoms with Crippen molar-refractivity contribution in [2.24, 2.45) is 5.92 Å². The van der Waals surface area contributed by atoms with E-state index in [9.17, 15) is 14.7 Å². The fourth-order valence-corrected chi connectivity index (χ4v) is 2.22. The Morgan fingerprint density at radius 3 is 2.70 bits per heavy atom. The smallest absolute Gasteiger partial charge is 0.223 e. The van der Waals surface area contributed by atoms with Gasteiger partial charge >= 0.3 is 0 Å². The Balaban J connectivity index is 1.88. The first-order valence-corrected chi connectivity index (χ1v) is 7.15. The van der Waals surface area contributed by atoms with Crippen molar-refractivity contribution >= 4 is 11.8 Å². The molecule has 0 saturated heterocycles. The molecule has 1 saturated carbocycles. The molecule has 0 spiro atoms. The van der Waals surface area contributed by atoms with Crippen LogP contribution >= 0.6 is 0 Å². The van der Waals surface area contributed by atoms with Crippen LogP contribution in [-0.4, -0.2) is 48.3 Å². The van der Waals surface area contributed by atoms with Gasteiger partial charge in [0.1, 0.15) is 6.10 Å². The molecule has 0 aromatic carbocycles. The topological polar surface area (TPSA) is 87.7 Å². The molecule has 6 heteroatoms. The van der Waals surface area contributed by atoms with E-state index >= 15 is 0 Å². The molecule has 0 aromatic rings. The van der Waals surface area contributed by atoms with Crippen LogP contribution in [-0.2, 0) is 14.3 Å². The molecule has 1 aliphatic carbocycles. The Morgan fingerprint density at radius 2 is 2.10 bits per heavy atom. The minimum Gasteiger partial charge on any atom is -0.394 e. The van der Waals surface area contributed by atoms with Crippen molar-refractivity contribution < 1.29 is 19.4 Å². The molecular formula is C14H22N2O4. The highest BCUT2D eigenvalue weighted by Gasteiger charge is 2.34. The van der Waals surface area contributed by atoms with Crippen LogP contribution in [0.4, 0.5) is 0 Å². The van der Waals surface area contributed by atoms with E-state index in [0.29, 0.717) is 6.54 Å². The van der Waals surface area contributed by atoms with E-state index in [2.05, 4.69) is 10.6 Å². The predicted molar refractivity (Wildman–Crippen MR) is 72.8 cm³/mol. The number of amides is 2. The number of aliphatic hydroxyl groups is 1. The Morgan fingerprint density at radius 1 is 1.35 bits per heavy atom. The second-order valence-electron chi connectivity index (χ2n) is 5.25. The molecule has 1 aliphatic heterocycles. The molecule has 6 nitrogen and oxygen atoms in total. The summed E-state index contributed by atoms with van der Waals surface area (Å²) in [6.07, 6.45) is 4.84. The fourth-order valence-electron chi connectivity index (χ4n) is 2.22. The minimum atomic E-state index is -0.498. The highest BCUT2D eigenvalue weighted by atomic mass is 16.5.